The normalized spacial score (nSPS) is 16.5. The Morgan fingerprint density at radius 3 is 2.66 bits per heavy atom. The average molecular weight is 468 g/mol. The van der Waals surface area contributed by atoms with Crippen molar-refractivity contribution in [1.82, 2.24) is 10.2 Å². The maximum Gasteiger partial charge on any atom is 0.573 e. The molecule has 0 bridgehead atoms. The van der Waals surface area contributed by atoms with Crippen LogP contribution in [0.25, 0.3) is 11.1 Å². The molecule has 0 aromatic heterocycles. The molecular weight excluding hydrogens is 443 g/mol. The minimum Gasteiger partial charge on any atom is -0.405 e. The van der Waals surface area contributed by atoms with Gasteiger partial charge in [-0.15, -0.1) is 13.2 Å². The number of nitrogens with one attached hydrogen (secondary N) is 2. The van der Waals surface area contributed by atoms with E-state index in [2.05, 4.69) is 21.9 Å². The zero-order valence-corrected chi connectivity index (χ0v) is 18.4. The Kier molecular flexibility index (Phi) is 7.69. The Morgan fingerprint density at radius 1 is 1.22 bits per heavy atom. The lowest BCUT2D eigenvalue weighted by molar-refractivity contribution is -0.274. The molecule has 1 fully saturated rings. The number of ether oxygens (including phenoxy) is 1. The van der Waals surface area contributed by atoms with E-state index < -0.39 is 6.36 Å². The summed E-state index contributed by atoms with van der Waals surface area (Å²) in [4.78, 5) is 15.0. The third kappa shape index (κ3) is 5.95. The van der Waals surface area contributed by atoms with Gasteiger partial charge in [-0.2, -0.15) is 0 Å². The number of piperidine rings is 1. The highest BCUT2D eigenvalue weighted by Gasteiger charge is 2.32. The van der Waals surface area contributed by atoms with Crippen LogP contribution >= 0.6 is 11.6 Å². The lowest BCUT2D eigenvalue weighted by atomic mass is 10.00. The molecule has 1 aliphatic rings. The number of halogens is 4. The number of carbonyl (C=O) groups is 1. The molecule has 0 radical (unpaired) electrons. The number of carbonyl (C=O) groups excluding carboxylic acids is 1. The molecule has 5 nitrogen and oxygen atoms in total. The molecule has 0 spiro atoms. The van der Waals surface area contributed by atoms with Crippen molar-refractivity contribution in [2.24, 2.45) is 0 Å². The first-order chi connectivity index (χ1) is 15.2. The Labute approximate surface area is 190 Å². The summed E-state index contributed by atoms with van der Waals surface area (Å²) in [5.41, 5.74) is 1.88. The van der Waals surface area contributed by atoms with Crippen molar-refractivity contribution in [3.63, 3.8) is 0 Å². The van der Waals surface area contributed by atoms with Gasteiger partial charge in [-0.3, -0.25) is 4.79 Å². The zero-order chi connectivity index (χ0) is 23.3. The topological polar surface area (TPSA) is 53.6 Å². The predicted molar refractivity (Wildman–Crippen MR) is 120 cm³/mol. The van der Waals surface area contributed by atoms with Gasteiger partial charge in [0.2, 0.25) is 5.91 Å². The molecule has 1 unspecified atom stereocenters. The first-order valence-electron chi connectivity index (χ1n) is 10.2. The molecule has 1 atom stereocenters. The van der Waals surface area contributed by atoms with E-state index in [4.69, 9.17) is 11.6 Å². The maximum absolute atomic E-state index is 13.0. The van der Waals surface area contributed by atoms with Gasteiger partial charge in [0.1, 0.15) is 11.8 Å². The van der Waals surface area contributed by atoms with Crippen LogP contribution in [0.2, 0.25) is 5.02 Å². The highest BCUT2D eigenvalue weighted by molar-refractivity contribution is 6.33. The summed E-state index contributed by atoms with van der Waals surface area (Å²) in [5, 5.41) is 6.12. The zero-order valence-electron chi connectivity index (χ0n) is 17.6. The monoisotopic (exact) mass is 467 g/mol. The van der Waals surface area contributed by atoms with Gasteiger partial charge in [0.05, 0.1) is 5.02 Å². The van der Waals surface area contributed by atoms with Gasteiger partial charge in [0.15, 0.2) is 0 Å². The summed E-state index contributed by atoms with van der Waals surface area (Å²) in [7, 11) is 1.83. The molecule has 2 aromatic carbocycles. The highest BCUT2D eigenvalue weighted by Crippen LogP contribution is 2.38. The SMILES string of the molecule is C=C(CNC)N1CCCCC1C(=O)Nc1ccc(-c2ccccc2OC(F)(F)F)c(Cl)c1. The first-order valence-corrected chi connectivity index (χ1v) is 10.6. The Morgan fingerprint density at radius 2 is 1.97 bits per heavy atom. The van der Waals surface area contributed by atoms with Crippen molar-refractivity contribution in [3.8, 4) is 16.9 Å². The number of nitrogens with zero attached hydrogens (tertiary/aromatic N) is 1. The molecule has 2 N–H and O–H groups in total. The van der Waals surface area contributed by atoms with E-state index in [1.807, 2.05) is 11.9 Å². The van der Waals surface area contributed by atoms with Crippen molar-refractivity contribution < 1.29 is 22.7 Å². The number of likely N-dealkylation sites (tertiary alicyclic amines) is 1. The highest BCUT2D eigenvalue weighted by atomic mass is 35.5. The van der Waals surface area contributed by atoms with E-state index >= 15 is 0 Å². The van der Waals surface area contributed by atoms with Gasteiger partial charge < -0.3 is 20.3 Å². The molecule has 1 heterocycles. The van der Waals surface area contributed by atoms with E-state index in [0.717, 1.165) is 25.1 Å². The minimum atomic E-state index is -4.82. The second kappa shape index (κ2) is 10.3. The van der Waals surface area contributed by atoms with Crippen LogP contribution in [-0.2, 0) is 4.79 Å². The van der Waals surface area contributed by atoms with Crippen molar-refractivity contribution >= 4 is 23.2 Å². The van der Waals surface area contributed by atoms with Gasteiger partial charge in [0.25, 0.3) is 0 Å². The Hall–Kier alpha value is -2.71. The average Bonchev–Trinajstić information content (AvgIpc) is 2.73. The van der Waals surface area contributed by atoms with Crippen LogP contribution in [0.3, 0.4) is 0 Å². The van der Waals surface area contributed by atoms with Crippen LogP contribution in [0.4, 0.5) is 18.9 Å². The lowest BCUT2D eigenvalue weighted by Gasteiger charge is -2.37. The fourth-order valence-electron chi connectivity index (χ4n) is 3.83. The van der Waals surface area contributed by atoms with Gasteiger partial charge in [-0.1, -0.05) is 42.4 Å². The number of amides is 1. The fourth-order valence-corrected chi connectivity index (χ4v) is 4.11. The number of anilines is 1. The number of rotatable bonds is 7. The van der Waals surface area contributed by atoms with E-state index in [-0.39, 0.29) is 28.3 Å². The third-order valence-electron chi connectivity index (χ3n) is 5.23. The molecule has 3 rings (SSSR count). The van der Waals surface area contributed by atoms with Crippen LogP contribution in [0.15, 0.2) is 54.7 Å². The second-order valence-electron chi connectivity index (χ2n) is 7.53. The molecule has 0 saturated carbocycles. The molecule has 1 aliphatic heterocycles. The number of likely N-dealkylation sites (N-methyl/N-ethyl adjacent to an activating group) is 1. The first kappa shape index (κ1) is 23.9. The standard InChI is InChI=1S/C23H25ClF3N3O2/c1-15(14-28-2)30-12-6-5-8-20(30)22(31)29-16-10-11-17(19(24)13-16)18-7-3-4-9-21(18)32-23(25,26)27/h3-4,7,9-11,13,20,28H,1,5-6,8,12,14H2,2H3,(H,29,31). The van der Waals surface area contributed by atoms with Gasteiger partial charge in [0, 0.05) is 35.6 Å². The van der Waals surface area contributed by atoms with Gasteiger partial charge >= 0.3 is 6.36 Å². The van der Waals surface area contributed by atoms with Crippen molar-refractivity contribution in [2.45, 2.75) is 31.7 Å². The summed E-state index contributed by atoms with van der Waals surface area (Å²) in [6.45, 7) is 5.42. The number of hydrogen-bond donors (Lipinski definition) is 2. The van der Waals surface area contributed by atoms with E-state index in [1.165, 1.54) is 24.3 Å². The quantitative estimate of drug-likeness (QED) is 0.570. The smallest absolute Gasteiger partial charge is 0.405 e. The Bertz CT molecular complexity index is 981. The number of alkyl halides is 3. The molecule has 1 saturated heterocycles. The molecule has 1 amide bonds. The largest absolute Gasteiger partial charge is 0.573 e. The molecule has 32 heavy (non-hydrogen) atoms. The molecule has 172 valence electrons. The Balaban J connectivity index is 1.79. The fraction of sp³-hybridized carbons (Fsp3) is 0.348. The number of benzene rings is 2. The van der Waals surface area contributed by atoms with Crippen molar-refractivity contribution in [2.75, 3.05) is 25.5 Å². The number of para-hydroxylation sites is 1. The molecular formula is C23H25ClF3N3O2. The van der Waals surface area contributed by atoms with Crippen LogP contribution in [0, 0.1) is 0 Å². The van der Waals surface area contributed by atoms with Crippen LogP contribution in [-0.4, -0.2) is 43.3 Å². The third-order valence-corrected chi connectivity index (χ3v) is 5.54. The lowest BCUT2D eigenvalue weighted by Crippen LogP contribution is -2.47. The van der Waals surface area contributed by atoms with Gasteiger partial charge in [-0.25, -0.2) is 0 Å². The van der Waals surface area contributed by atoms with E-state index in [1.54, 1.807) is 18.2 Å². The summed E-state index contributed by atoms with van der Waals surface area (Å²) in [6.07, 6.45) is -2.17. The van der Waals surface area contributed by atoms with E-state index in [9.17, 15) is 18.0 Å². The molecule has 9 heteroatoms. The summed E-state index contributed by atoms with van der Waals surface area (Å²) >= 11 is 6.38. The van der Waals surface area contributed by atoms with Gasteiger partial charge in [-0.05, 0) is 44.5 Å². The van der Waals surface area contributed by atoms with Crippen molar-refractivity contribution in [3.05, 3.63) is 59.8 Å². The minimum absolute atomic E-state index is 0.174. The van der Waals surface area contributed by atoms with E-state index in [0.29, 0.717) is 24.2 Å². The molecule has 0 aliphatic carbocycles. The summed E-state index contributed by atoms with van der Waals surface area (Å²) in [5.74, 6) is -0.522. The molecule has 2 aromatic rings. The predicted octanol–water partition coefficient (Wildman–Crippen LogP) is 5.43. The summed E-state index contributed by atoms with van der Waals surface area (Å²) < 4.78 is 42.3. The van der Waals surface area contributed by atoms with Crippen LogP contribution in [0.5, 0.6) is 5.75 Å². The van der Waals surface area contributed by atoms with Crippen LogP contribution in [0.1, 0.15) is 19.3 Å². The summed E-state index contributed by atoms with van der Waals surface area (Å²) in [6, 6.07) is 10.1. The second-order valence-corrected chi connectivity index (χ2v) is 7.94. The van der Waals surface area contributed by atoms with Crippen LogP contribution < -0.4 is 15.4 Å². The van der Waals surface area contributed by atoms with Crippen molar-refractivity contribution in [1.29, 1.82) is 0 Å². The number of hydrogen-bond acceptors (Lipinski definition) is 4. The maximum atomic E-state index is 13.0.